The van der Waals surface area contributed by atoms with Crippen molar-refractivity contribution in [1.29, 1.82) is 5.26 Å². The van der Waals surface area contributed by atoms with Crippen molar-refractivity contribution >= 4 is 17.5 Å². The van der Waals surface area contributed by atoms with Crippen molar-refractivity contribution in [3.8, 4) is 6.07 Å². The van der Waals surface area contributed by atoms with Crippen LogP contribution in [0.5, 0.6) is 0 Å². The highest BCUT2D eigenvalue weighted by Crippen LogP contribution is 2.14. The summed E-state index contributed by atoms with van der Waals surface area (Å²) in [6.07, 6.45) is 0.428. The molecule has 100 valence electrons. The van der Waals surface area contributed by atoms with E-state index in [1.165, 1.54) is 6.92 Å². The van der Waals surface area contributed by atoms with Gasteiger partial charge in [-0.05, 0) is 24.3 Å². The maximum atomic E-state index is 11.6. The standard InChI is InChI=1S/C14H17N3O2/c1-3-14(19)16-8-9-17(11(2)18)13-6-4-12(10-15)5-7-13/h4-7H,3,8-9H2,1-2H3,(H,16,19). The highest BCUT2D eigenvalue weighted by Gasteiger charge is 2.11. The largest absolute Gasteiger partial charge is 0.354 e. The first-order valence-electron chi connectivity index (χ1n) is 6.13. The minimum atomic E-state index is -0.101. The average Bonchev–Trinajstić information content (AvgIpc) is 2.43. The van der Waals surface area contributed by atoms with Gasteiger partial charge in [-0.3, -0.25) is 9.59 Å². The van der Waals surface area contributed by atoms with Crippen molar-refractivity contribution in [2.24, 2.45) is 0 Å². The van der Waals surface area contributed by atoms with Gasteiger partial charge in [0.1, 0.15) is 0 Å². The Bertz CT molecular complexity index is 488. The molecule has 1 rings (SSSR count). The van der Waals surface area contributed by atoms with Crippen LogP contribution in [0.25, 0.3) is 0 Å². The fraction of sp³-hybridized carbons (Fsp3) is 0.357. The molecule has 0 radical (unpaired) electrons. The number of hydrogen-bond donors (Lipinski definition) is 1. The third-order valence-electron chi connectivity index (χ3n) is 2.67. The van der Waals surface area contributed by atoms with Crippen molar-refractivity contribution in [3.63, 3.8) is 0 Å². The molecule has 0 aromatic heterocycles. The third kappa shape index (κ3) is 4.43. The van der Waals surface area contributed by atoms with E-state index in [0.717, 1.165) is 5.69 Å². The first-order chi connectivity index (χ1) is 9.08. The summed E-state index contributed by atoms with van der Waals surface area (Å²) in [6, 6.07) is 8.80. The van der Waals surface area contributed by atoms with E-state index in [0.29, 0.717) is 25.1 Å². The predicted octanol–water partition coefficient (Wildman–Crippen LogP) is 1.44. The molecule has 0 aliphatic rings. The Balaban J connectivity index is 2.69. The minimum absolute atomic E-state index is 0.0386. The lowest BCUT2D eigenvalue weighted by molar-refractivity contribution is -0.121. The average molecular weight is 259 g/mol. The summed E-state index contributed by atoms with van der Waals surface area (Å²) < 4.78 is 0. The lowest BCUT2D eigenvalue weighted by Crippen LogP contribution is -2.37. The number of nitrogens with zero attached hydrogens (tertiary/aromatic N) is 2. The van der Waals surface area contributed by atoms with Crippen molar-refractivity contribution in [1.82, 2.24) is 5.32 Å². The van der Waals surface area contributed by atoms with E-state index in [1.807, 2.05) is 6.07 Å². The van der Waals surface area contributed by atoms with Crippen molar-refractivity contribution in [2.45, 2.75) is 20.3 Å². The number of hydrogen-bond acceptors (Lipinski definition) is 3. The Labute approximate surface area is 112 Å². The zero-order chi connectivity index (χ0) is 14.3. The van der Waals surface area contributed by atoms with Crippen LogP contribution in [-0.2, 0) is 9.59 Å². The second kappa shape index (κ2) is 7.17. The van der Waals surface area contributed by atoms with E-state index in [1.54, 1.807) is 36.1 Å². The minimum Gasteiger partial charge on any atom is -0.354 e. The number of anilines is 1. The van der Waals surface area contributed by atoms with E-state index >= 15 is 0 Å². The van der Waals surface area contributed by atoms with Gasteiger partial charge in [0.25, 0.3) is 0 Å². The van der Waals surface area contributed by atoms with Gasteiger partial charge in [0.15, 0.2) is 0 Å². The molecule has 0 spiro atoms. The molecular weight excluding hydrogens is 242 g/mol. The van der Waals surface area contributed by atoms with E-state index in [9.17, 15) is 9.59 Å². The molecule has 1 aromatic carbocycles. The van der Waals surface area contributed by atoms with Gasteiger partial charge in [-0.25, -0.2) is 0 Å². The van der Waals surface area contributed by atoms with Gasteiger partial charge in [0, 0.05) is 32.1 Å². The van der Waals surface area contributed by atoms with Crippen molar-refractivity contribution < 1.29 is 9.59 Å². The monoisotopic (exact) mass is 259 g/mol. The summed E-state index contributed by atoms with van der Waals surface area (Å²) in [5.74, 6) is -0.140. The Kier molecular flexibility index (Phi) is 5.55. The van der Waals surface area contributed by atoms with Gasteiger partial charge >= 0.3 is 0 Å². The van der Waals surface area contributed by atoms with Gasteiger partial charge in [-0.1, -0.05) is 6.92 Å². The number of benzene rings is 1. The summed E-state index contributed by atoms with van der Waals surface area (Å²) in [4.78, 5) is 24.3. The molecule has 0 aliphatic carbocycles. The first-order valence-corrected chi connectivity index (χ1v) is 6.13. The molecule has 0 fully saturated rings. The van der Waals surface area contributed by atoms with Crippen LogP contribution in [0.3, 0.4) is 0 Å². The maximum Gasteiger partial charge on any atom is 0.223 e. The van der Waals surface area contributed by atoms with Gasteiger partial charge in [-0.2, -0.15) is 5.26 Å². The summed E-state index contributed by atoms with van der Waals surface area (Å²) in [5, 5.41) is 11.5. The molecule has 0 saturated heterocycles. The number of nitrogens with one attached hydrogen (secondary N) is 1. The van der Waals surface area contributed by atoms with Gasteiger partial charge in [0.05, 0.1) is 11.6 Å². The van der Waals surface area contributed by atoms with Crippen LogP contribution in [0.15, 0.2) is 24.3 Å². The Hall–Kier alpha value is -2.35. The normalized spacial score (nSPS) is 9.53. The van der Waals surface area contributed by atoms with E-state index in [2.05, 4.69) is 5.32 Å². The van der Waals surface area contributed by atoms with E-state index in [4.69, 9.17) is 5.26 Å². The zero-order valence-corrected chi connectivity index (χ0v) is 11.1. The molecule has 0 bridgehead atoms. The van der Waals surface area contributed by atoms with Crippen LogP contribution in [0, 0.1) is 11.3 Å². The molecule has 0 aliphatic heterocycles. The number of amides is 2. The molecule has 2 amide bonds. The highest BCUT2D eigenvalue weighted by atomic mass is 16.2. The topological polar surface area (TPSA) is 73.2 Å². The predicted molar refractivity (Wildman–Crippen MR) is 72.5 cm³/mol. The quantitative estimate of drug-likeness (QED) is 0.869. The maximum absolute atomic E-state index is 11.6. The second-order valence-electron chi connectivity index (χ2n) is 4.03. The Morgan fingerprint density at radius 2 is 1.95 bits per heavy atom. The molecule has 0 atom stereocenters. The third-order valence-corrected chi connectivity index (χ3v) is 2.67. The van der Waals surface area contributed by atoms with Crippen LogP contribution in [-0.4, -0.2) is 24.9 Å². The summed E-state index contributed by atoms with van der Waals surface area (Å²) >= 11 is 0. The number of carbonyl (C=O) groups excluding carboxylic acids is 2. The van der Waals surface area contributed by atoms with E-state index in [-0.39, 0.29) is 11.8 Å². The van der Waals surface area contributed by atoms with Crippen LogP contribution in [0.1, 0.15) is 25.8 Å². The molecule has 1 N–H and O–H groups in total. The number of carbonyl (C=O) groups is 2. The highest BCUT2D eigenvalue weighted by molar-refractivity contribution is 5.91. The molecule has 5 heteroatoms. The molecule has 1 aromatic rings. The zero-order valence-electron chi connectivity index (χ0n) is 11.1. The molecule has 0 saturated carbocycles. The Morgan fingerprint density at radius 3 is 2.42 bits per heavy atom. The van der Waals surface area contributed by atoms with Crippen LogP contribution < -0.4 is 10.2 Å². The molecule has 0 unspecified atom stereocenters. The molecule has 19 heavy (non-hydrogen) atoms. The molecule has 0 heterocycles. The smallest absolute Gasteiger partial charge is 0.223 e. The molecular formula is C14H17N3O2. The molecule has 5 nitrogen and oxygen atoms in total. The van der Waals surface area contributed by atoms with Crippen molar-refractivity contribution in [2.75, 3.05) is 18.0 Å². The van der Waals surface area contributed by atoms with E-state index < -0.39 is 0 Å². The second-order valence-corrected chi connectivity index (χ2v) is 4.03. The lowest BCUT2D eigenvalue weighted by Gasteiger charge is -2.21. The van der Waals surface area contributed by atoms with Crippen LogP contribution in [0.4, 0.5) is 5.69 Å². The fourth-order valence-corrected chi connectivity index (χ4v) is 1.62. The van der Waals surface area contributed by atoms with Gasteiger partial charge in [-0.15, -0.1) is 0 Å². The summed E-state index contributed by atoms with van der Waals surface area (Å²) in [5.41, 5.74) is 1.27. The SMILES string of the molecule is CCC(=O)NCCN(C(C)=O)c1ccc(C#N)cc1. The first kappa shape index (κ1) is 14.7. The van der Waals surface area contributed by atoms with Gasteiger partial charge in [0.2, 0.25) is 11.8 Å². The van der Waals surface area contributed by atoms with Gasteiger partial charge < -0.3 is 10.2 Å². The summed E-state index contributed by atoms with van der Waals surface area (Å²) in [7, 11) is 0. The Morgan fingerprint density at radius 1 is 1.32 bits per heavy atom. The van der Waals surface area contributed by atoms with Crippen LogP contribution >= 0.6 is 0 Å². The summed E-state index contributed by atoms with van der Waals surface area (Å²) in [6.45, 7) is 4.07. The fourth-order valence-electron chi connectivity index (χ4n) is 1.62. The lowest BCUT2D eigenvalue weighted by atomic mass is 10.2. The number of rotatable bonds is 5. The number of nitriles is 1. The van der Waals surface area contributed by atoms with Crippen LogP contribution in [0.2, 0.25) is 0 Å². The van der Waals surface area contributed by atoms with Crippen molar-refractivity contribution in [3.05, 3.63) is 29.8 Å².